The van der Waals surface area contributed by atoms with Crippen LogP contribution in [0.4, 0.5) is 0 Å². The quantitative estimate of drug-likeness (QED) is 0.0212. The summed E-state index contributed by atoms with van der Waals surface area (Å²) in [6.07, 6.45) is -31.2. The summed E-state index contributed by atoms with van der Waals surface area (Å²) in [5.41, 5.74) is 0. The molecule has 654 valence electrons. The number of ether oxygens (including phenoxy) is 12. The molecule has 0 bridgehead atoms. The fraction of sp³-hybridized carbons (Fsp3) is 0.933. The molecular formula is C75H134N2O35. The van der Waals surface area contributed by atoms with E-state index in [2.05, 4.69) is 24.5 Å². The molecule has 33 atom stereocenters. The van der Waals surface area contributed by atoms with Gasteiger partial charge in [0.2, 0.25) is 11.8 Å². The van der Waals surface area contributed by atoms with Gasteiger partial charge in [0.25, 0.3) is 5.79 Å². The molecule has 6 fully saturated rings. The molecule has 6 heterocycles. The van der Waals surface area contributed by atoms with Gasteiger partial charge in [-0.05, 0) is 26.2 Å². The van der Waals surface area contributed by atoms with Gasteiger partial charge in [0.15, 0.2) is 31.5 Å². The number of carbonyl (C=O) groups excluding carboxylic acids is 2. The van der Waals surface area contributed by atoms with Crippen LogP contribution in [0.3, 0.4) is 0 Å². The molecule has 12 unspecified atom stereocenters. The second-order valence-corrected chi connectivity index (χ2v) is 30.6. The van der Waals surface area contributed by atoms with Gasteiger partial charge < -0.3 is 170 Å². The van der Waals surface area contributed by atoms with Crippen molar-refractivity contribution in [3.63, 3.8) is 0 Å². The minimum Gasteiger partial charge on any atom is -0.477 e. The second kappa shape index (κ2) is 50.1. The molecule has 6 aliphatic heterocycles. The summed E-state index contributed by atoms with van der Waals surface area (Å²) in [5.74, 6) is -6.72. The van der Waals surface area contributed by atoms with E-state index < -0.39 is 260 Å². The number of amides is 2. The first-order valence-corrected chi connectivity index (χ1v) is 40.5. The molecule has 2 amide bonds. The van der Waals surface area contributed by atoms with Crippen molar-refractivity contribution < 1.29 is 173 Å². The summed E-state index contributed by atoms with van der Waals surface area (Å²) in [4.78, 5) is 40.1. The lowest BCUT2D eigenvalue weighted by atomic mass is 9.90. The van der Waals surface area contributed by atoms with E-state index in [1.54, 1.807) is 6.08 Å². The monoisotopic (exact) mass is 1620 g/mol. The fourth-order valence-corrected chi connectivity index (χ4v) is 15.0. The van der Waals surface area contributed by atoms with Gasteiger partial charge in [0.05, 0.1) is 64.0 Å². The highest BCUT2D eigenvalue weighted by Gasteiger charge is 2.62. The molecule has 6 rings (SSSR count). The molecule has 0 aromatic heterocycles. The topological polar surface area (TPSA) is 591 Å². The lowest BCUT2D eigenvalue weighted by Crippen LogP contribution is -2.72. The Morgan fingerprint density at radius 1 is 0.482 bits per heavy atom. The van der Waals surface area contributed by atoms with Crippen LogP contribution < -0.4 is 10.6 Å². The molecule has 37 nitrogen and oxygen atoms in total. The number of unbranched alkanes of at least 4 members (excludes halogenated alkanes) is 23. The van der Waals surface area contributed by atoms with Crippen molar-refractivity contribution in [2.75, 3.05) is 39.6 Å². The standard InChI is InChI=1S/C75H134N2O35/c1-5-7-9-11-13-15-17-19-21-23-25-27-29-31-43(84)42(77-50(87)32-30-28-26-24-22-20-18-16-14-12-10-8-6-2)39-101-70-60(96)58(94)63(48(37-81)106-70)107-72-61(97)66(55(91)46(35-79)103-72)110-69-51(76-41(4)83)65(109-71-59(95)57(93)52(88)40(3)102-71)64(49(38-82)105-69)108-73-62(98)68(56(92)47(36-80)104-73)112-75(74(99)100)33-44(85)53(89)67(111-75)54(90)45(86)34-78/h29,31,40,42-49,51-73,78-82,84-86,88-98H,5-28,30,32-39H2,1-4H3,(H,76,83)(H,77,87)(H,99,100)/b31-29+/t40?,42-,43+,44?,45+,46?,47?,48?,49?,51?,52+,53+,54+,55-,56-,57?,58+,59-,60?,61?,62?,63+,64+,65+,66-,67?,68-,69-,70+,71+,72-,73-,75-/m0/s1. The lowest BCUT2D eigenvalue weighted by molar-refractivity contribution is -0.401. The average Bonchev–Trinajstić information content (AvgIpc) is 0.753. The zero-order valence-electron chi connectivity index (χ0n) is 65.0. The summed E-state index contributed by atoms with van der Waals surface area (Å²) in [7, 11) is 0. The van der Waals surface area contributed by atoms with Crippen molar-refractivity contribution in [3.05, 3.63) is 12.2 Å². The molecule has 112 heavy (non-hydrogen) atoms. The van der Waals surface area contributed by atoms with Crippen LogP contribution in [0.2, 0.25) is 0 Å². The number of rotatable bonds is 51. The first-order valence-electron chi connectivity index (χ1n) is 40.5. The van der Waals surface area contributed by atoms with E-state index in [0.717, 1.165) is 58.3 Å². The molecule has 37 heteroatoms. The summed E-state index contributed by atoms with van der Waals surface area (Å²) >= 11 is 0. The molecule has 0 saturated carbocycles. The van der Waals surface area contributed by atoms with E-state index in [-0.39, 0.29) is 12.3 Å². The molecule has 0 aliphatic carbocycles. The largest absolute Gasteiger partial charge is 0.477 e. The first kappa shape index (κ1) is 97.7. The van der Waals surface area contributed by atoms with Crippen LogP contribution in [0, 0.1) is 0 Å². The molecule has 6 saturated heterocycles. The van der Waals surface area contributed by atoms with Gasteiger partial charge in [-0.25, -0.2) is 4.79 Å². The Kier molecular flexibility index (Phi) is 43.7. The van der Waals surface area contributed by atoms with Crippen molar-refractivity contribution in [3.8, 4) is 0 Å². The third-order valence-corrected chi connectivity index (χ3v) is 21.8. The van der Waals surface area contributed by atoms with Gasteiger partial charge in [0.1, 0.15) is 140 Å². The highest BCUT2D eigenvalue weighted by molar-refractivity contribution is 5.76. The van der Waals surface area contributed by atoms with Gasteiger partial charge in [-0.1, -0.05) is 167 Å². The Hall–Kier alpha value is -3.09. The van der Waals surface area contributed by atoms with Gasteiger partial charge in [-0.3, -0.25) is 9.59 Å². The van der Waals surface area contributed by atoms with E-state index in [4.69, 9.17) is 56.8 Å². The number of carboxylic acids is 1. The van der Waals surface area contributed by atoms with Crippen LogP contribution >= 0.6 is 0 Å². The summed E-state index contributed by atoms with van der Waals surface area (Å²) < 4.78 is 71.6. The van der Waals surface area contributed by atoms with Crippen molar-refractivity contribution in [1.29, 1.82) is 0 Å². The first-order chi connectivity index (χ1) is 53.6. The molecule has 0 aromatic carbocycles. The number of hydrogen-bond donors (Lipinski definition) is 22. The highest BCUT2D eigenvalue weighted by atomic mass is 16.8. The summed E-state index contributed by atoms with van der Waals surface area (Å²) in [6, 6.07) is -3.08. The third-order valence-electron chi connectivity index (χ3n) is 21.8. The van der Waals surface area contributed by atoms with Crippen molar-refractivity contribution in [1.82, 2.24) is 10.6 Å². The van der Waals surface area contributed by atoms with E-state index in [0.29, 0.717) is 12.8 Å². The fourth-order valence-electron chi connectivity index (χ4n) is 15.0. The van der Waals surface area contributed by atoms with Crippen LogP contribution in [-0.4, -0.2) is 361 Å². The molecule has 6 aliphatic rings. The highest BCUT2D eigenvalue weighted by Crippen LogP contribution is 2.41. The SMILES string of the molecule is CCCCCCCCCCCCC/C=C/[C@@H](O)[C@H](CO[C@@H]1OC(CO)[C@@H](O[C@@H]2OC(CO)[C@H](O)[C@H](O[C@@H]3OC(CO)[C@@H](O[C@@H]4OC(CO)[C@H](O)[C@H](O[C@]5(C(=O)O)CC(O)[C@@H](O)C([C@H](O)[C@H](O)CO)O5)C4O)[C@H](O[C@H]4OC(C)[C@@H](O)C(O)[C@@H]4O)C3NC(C)=O)C2O)[C@H](O)C1O)NC(=O)CCCCCCCCCCCCCCC. The molecule has 0 spiro atoms. The van der Waals surface area contributed by atoms with E-state index in [1.807, 2.05) is 6.08 Å². The number of hydrogen-bond acceptors (Lipinski definition) is 34. The van der Waals surface area contributed by atoms with E-state index >= 15 is 0 Å². The maximum atomic E-state index is 13.5. The van der Waals surface area contributed by atoms with Crippen molar-refractivity contribution in [2.24, 2.45) is 0 Å². The predicted molar refractivity (Wildman–Crippen MR) is 389 cm³/mol. The minimum absolute atomic E-state index is 0.153. The Morgan fingerprint density at radius 3 is 1.45 bits per heavy atom. The average molecular weight is 1620 g/mol. The molecule has 22 N–H and O–H groups in total. The normalized spacial score (nSPS) is 37.8. The zero-order chi connectivity index (χ0) is 82.4. The predicted octanol–water partition coefficient (Wildman–Crippen LogP) is -3.11. The van der Waals surface area contributed by atoms with Gasteiger partial charge in [-0.15, -0.1) is 0 Å². The number of carbonyl (C=O) groups is 3. The van der Waals surface area contributed by atoms with Gasteiger partial charge in [-0.2, -0.15) is 0 Å². The number of aliphatic hydroxyl groups is 19. The Balaban J connectivity index is 1.20. The van der Waals surface area contributed by atoms with E-state index in [1.165, 1.54) is 103 Å². The van der Waals surface area contributed by atoms with Crippen LogP contribution in [-0.2, 0) is 71.2 Å². The van der Waals surface area contributed by atoms with Crippen LogP contribution in [0.15, 0.2) is 12.2 Å². The Bertz CT molecular complexity index is 2650. The number of carboxylic acid groups (broad SMARTS) is 1. The molecule has 0 aromatic rings. The zero-order valence-corrected chi connectivity index (χ0v) is 65.0. The van der Waals surface area contributed by atoms with Crippen LogP contribution in [0.25, 0.3) is 0 Å². The van der Waals surface area contributed by atoms with Crippen LogP contribution in [0.1, 0.15) is 201 Å². The van der Waals surface area contributed by atoms with Crippen molar-refractivity contribution in [2.45, 2.75) is 403 Å². The van der Waals surface area contributed by atoms with E-state index in [9.17, 15) is 117 Å². The molecular weight excluding hydrogens is 1490 g/mol. The third kappa shape index (κ3) is 28.0. The number of nitrogens with one attached hydrogen (secondary N) is 2. The smallest absolute Gasteiger partial charge is 0.364 e. The summed E-state index contributed by atoms with van der Waals surface area (Å²) in [6.45, 7) is 0.522. The minimum atomic E-state index is -3.27. The Morgan fingerprint density at radius 2 is 0.929 bits per heavy atom. The van der Waals surface area contributed by atoms with Gasteiger partial charge >= 0.3 is 5.97 Å². The summed E-state index contributed by atoms with van der Waals surface area (Å²) in [5, 5.41) is 227. The van der Waals surface area contributed by atoms with Gasteiger partial charge in [0, 0.05) is 19.8 Å². The molecule has 0 radical (unpaired) electrons. The maximum Gasteiger partial charge on any atom is 0.364 e. The second-order valence-electron chi connectivity index (χ2n) is 30.6. The lowest BCUT2D eigenvalue weighted by Gasteiger charge is -2.52. The number of aliphatic carboxylic acids is 1. The number of aliphatic hydroxyl groups excluding tert-OH is 19. The maximum absolute atomic E-state index is 13.5. The number of allylic oxidation sites excluding steroid dienone is 1. The Labute approximate surface area is 654 Å². The van der Waals surface area contributed by atoms with Crippen molar-refractivity contribution >= 4 is 17.8 Å². The van der Waals surface area contributed by atoms with Crippen LogP contribution in [0.5, 0.6) is 0 Å².